The lowest BCUT2D eigenvalue weighted by molar-refractivity contribution is 0.102. The van der Waals surface area contributed by atoms with Crippen LogP contribution in [0.25, 0.3) is 11.3 Å². The molecule has 0 spiro atoms. The molecule has 0 unspecified atom stereocenters. The molecule has 22 heavy (non-hydrogen) atoms. The summed E-state index contributed by atoms with van der Waals surface area (Å²) in [4.78, 5) is 21.7. The molecule has 1 N–H and O–H groups in total. The molecule has 3 aromatic rings. The van der Waals surface area contributed by atoms with Gasteiger partial charge in [0, 0.05) is 28.2 Å². The van der Waals surface area contributed by atoms with Crippen LogP contribution in [0.4, 0.5) is 5.13 Å². The molecule has 0 bridgehead atoms. The van der Waals surface area contributed by atoms with Gasteiger partial charge in [-0.1, -0.05) is 12.1 Å². The van der Waals surface area contributed by atoms with E-state index in [2.05, 4.69) is 27.4 Å². The van der Waals surface area contributed by atoms with Gasteiger partial charge in [-0.15, -0.1) is 23.1 Å². The lowest BCUT2D eigenvalue weighted by atomic mass is 10.2. The molecule has 1 aromatic carbocycles. The number of benzene rings is 1. The summed E-state index contributed by atoms with van der Waals surface area (Å²) in [5, 5.41) is 5.31. The van der Waals surface area contributed by atoms with Crippen molar-refractivity contribution in [2.24, 2.45) is 0 Å². The fourth-order valence-corrected chi connectivity index (χ4v) is 3.01. The molecule has 6 heteroatoms. The summed E-state index contributed by atoms with van der Waals surface area (Å²) < 4.78 is 0. The summed E-state index contributed by atoms with van der Waals surface area (Å²) in [6.07, 6.45) is 5.21. The zero-order valence-corrected chi connectivity index (χ0v) is 13.4. The highest BCUT2D eigenvalue weighted by Crippen LogP contribution is 2.26. The third-order valence-corrected chi connectivity index (χ3v) is 4.54. The normalized spacial score (nSPS) is 10.4. The number of hydrogen-bond donors (Lipinski definition) is 1. The highest BCUT2D eigenvalue weighted by atomic mass is 32.2. The molecule has 2 aromatic heterocycles. The van der Waals surface area contributed by atoms with Crippen LogP contribution in [0.2, 0.25) is 0 Å². The first kappa shape index (κ1) is 14.7. The Hall–Kier alpha value is -2.18. The molecule has 0 fully saturated rings. The van der Waals surface area contributed by atoms with Crippen LogP contribution in [0.5, 0.6) is 0 Å². The molecular weight excluding hydrogens is 314 g/mol. The summed E-state index contributed by atoms with van der Waals surface area (Å²) >= 11 is 3.11. The quantitative estimate of drug-likeness (QED) is 0.730. The maximum atomic E-state index is 12.1. The Labute approximate surface area is 136 Å². The van der Waals surface area contributed by atoms with Gasteiger partial charge in [-0.3, -0.25) is 15.1 Å². The number of rotatable bonds is 4. The Bertz CT molecular complexity index is 770. The molecule has 110 valence electrons. The van der Waals surface area contributed by atoms with Crippen LogP contribution < -0.4 is 5.32 Å². The molecule has 0 aliphatic heterocycles. The van der Waals surface area contributed by atoms with Crippen molar-refractivity contribution in [2.45, 2.75) is 4.90 Å². The first-order chi connectivity index (χ1) is 10.8. The first-order valence-electron chi connectivity index (χ1n) is 6.57. The molecule has 4 nitrogen and oxygen atoms in total. The Morgan fingerprint density at radius 2 is 2.05 bits per heavy atom. The van der Waals surface area contributed by atoms with Crippen molar-refractivity contribution in [1.29, 1.82) is 0 Å². The van der Waals surface area contributed by atoms with Crippen molar-refractivity contribution in [3.63, 3.8) is 0 Å². The molecule has 1 amide bonds. The van der Waals surface area contributed by atoms with Crippen molar-refractivity contribution in [3.05, 3.63) is 59.7 Å². The van der Waals surface area contributed by atoms with Gasteiger partial charge in [0.05, 0.1) is 11.3 Å². The summed E-state index contributed by atoms with van der Waals surface area (Å²) in [7, 11) is 0. The maximum absolute atomic E-state index is 12.1. The van der Waals surface area contributed by atoms with Crippen molar-refractivity contribution in [2.75, 3.05) is 11.6 Å². The standard InChI is InChI=1S/C16H13N3OS2/c1-21-13-6-4-11(5-7-13)14-10-22-16(18-14)19-15(20)12-3-2-8-17-9-12/h2-10H,1H3,(H,18,19,20). The first-order valence-corrected chi connectivity index (χ1v) is 8.68. The van der Waals surface area contributed by atoms with E-state index in [-0.39, 0.29) is 5.91 Å². The van der Waals surface area contributed by atoms with E-state index in [4.69, 9.17) is 0 Å². The zero-order chi connectivity index (χ0) is 15.4. The van der Waals surface area contributed by atoms with Crippen LogP contribution in [-0.4, -0.2) is 22.1 Å². The van der Waals surface area contributed by atoms with Gasteiger partial charge in [0.2, 0.25) is 0 Å². The number of anilines is 1. The minimum absolute atomic E-state index is 0.202. The number of hydrogen-bond acceptors (Lipinski definition) is 5. The predicted molar refractivity (Wildman–Crippen MR) is 91.5 cm³/mol. The minimum atomic E-state index is -0.202. The second-order valence-corrected chi connectivity index (χ2v) is 6.20. The van der Waals surface area contributed by atoms with Crippen molar-refractivity contribution in [1.82, 2.24) is 9.97 Å². The van der Waals surface area contributed by atoms with Gasteiger partial charge in [0.15, 0.2) is 5.13 Å². The summed E-state index contributed by atoms with van der Waals surface area (Å²) in [5.41, 5.74) is 2.42. The molecule has 0 aliphatic carbocycles. The lowest BCUT2D eigenvalue weighted by Gasteiger charge is -2.01. The van der Waals surface area contributed by atoms with E-state index < -0.39 is 0 Å². The molecule has 0 saturated carbocycles. The van der Waals surface area contributed by atoms with Gasteiger partial charge in [-0.25, -0.2) is 4.98 Å². The highest BCUT2D eigenvalue weighted by molar-refractivity contribution is 7.98. The number of nitrogens with one attached hydrogen (secondary N) is 1. The van der Waals surface area contributed by atoms with Gasteiger partial charge in [0.1, 0.15) is 0 Å². The Morgan fingerprint density at radius 1 is 1.23 bits per heavy atom. The Morgan fingerprint density at radius 3 is 2.73 bits per heavy atom. The van der Waals surface area contributed by atoms with E-state index in [0.29, 0.717) is 10.7 Å². The van der Waals surface area contributed by atoms with Crippen molar-refractivity contribution in [3.8, 4) is 11.3 Å². The number of pyridine rings is 1. The van der Waals surface area contributed by atoms with E-state index in [1.165, 1.54) is 22.4 Å². The monoisotopic (exact) mass is 327 g/mol. The summed E-state index contributed by atoms with van der Waals surface area (Å²) in [5.74, 6) is -0.202. The smallest absolute Gasteiger partial charge is 0.259 e. The third kappa shape index (κ3) is 3.35. The Kier molecular flexibility index (Phi) is 4.50. The van der Waals surface area contributed by atoms with E-state index in [9.17, 15) is 4.79 Å². The number of thioether (sulfide) groups is 1. The van der Waals surface area contributed by atoms with E-state index in [0.717, 1.165) is 11.3 Å². The molecule has 0 radical (unpaired) electrons. The van der Waals surface area contributed by atoms with Gasteiger partial charge in [0.25, 0.3) is 5.91 Å². The van der Waals surface area contributed by atoms with Gasteiger partial charge < -0.3 is 0 Å². The second-order valence-electron chi connectivity index (χ2n) is 4.46. The molecule has 0 aliphatic rings. The molecule has 2 heterocycles. The highest BCUT2D eigenvalue weighted by Gasteiger charge is 2.10. The van der Waals surface area contributed by atoms with Crippen LogP contribution in [0.15, 0.2) is 59.1 Å². The number of carbonyl (C=O) groups is 1. The van der Waals surface area contributed by atoms with Crippen molar-refractivity contribution < 1.29 is 4.79 Å². The zero-order valence-electron chi connectivity index (χ0n) is 11.8. The van der Waals surface area contributed by atoms with Crippen molar-refractivity contribution >= 4 is 34.1 Å². The summed E-state index contributed by atoms with van der Waals surface area (Å²) in [6.45, 7) is 0. The largest absolute Gasteiger partial charge is 0.298 e. The average Bonchev–Trinajstić information content (AvgIpc) is 3.04. The van der Waals surface area contributed by atoms with Crippen LogP contribution in [0.1, 0.15) is 10.4 Å². The van der Waals surface area contributed by atoms with Gasteiger partial charge >= 0.3 is 0 Å². The van der Waals surface area contributed by atoms with Gasteiger partial charge in [-0.2, -0.15) is 0 Å². The maximum Gasteiger partial charge on any atom is 0.259 e. The van der Waals surface area contributed by atoms with E-state index in [1.54, 1.807) is 30.1 Å². The van der Waals surface area contributed by atoms with E-state index >= 15 is 0 Å². The molecular formula is C16H13N3OS2. The number of amides is 1. The topological polar surface area (TPSA) is 54.9 Å². The summed E-state index contributed by atoms with van der Waals surface area (Å²) in [6, 6.07) is 11.6. The van der Waals surface area contributed by atoms with Crippen LogP contribution in [0, 0.1) is 0 Å². The predicted octanol–water partition coefficient (Wildman–Crippen LogP) is 4.18. The fraction of sp³-hybridized carbons (Fsp3) is 0.0625. The van der Waals surface area contributed by atoms with Gasteiger partial charge in [-0.05, 0) is 30.5 Å². The molecule has 3 rings (SSSR count). The molecule has 0 atom stereocenters. The van der Waals surface area contributed by atoms with Crippen LogP contribution >= 0.6 is 23.1 Å². The van der Waals surface area contributed by atoms with Crippen LogP contribution in [0.3, 0.4) is 0 Å². The number of thiazole rings is 1. The number of nitrogens with zero attached hydrogens (tertiary/aromatic N) is 2. The second kappa shape index (κ2) is 6.72. The average molecular weight is 327 g/mol. The molecule has 0 saturated heterocycles. The SMILES string of the molecule is CSc1ccc(-c2csc(NC(=O)c3cccnc3)n2)cc1. The minimum Gasteiger partial charge on any atom is -0.298 e. The fourth-order valence-electron chi connectivity index (χ4n) is 1.89. The number of carbonyl (C=O) groups excluding carboxylic acids is 1. The lowest BCUT2D eigenvalue weighted by Crippen LogP contribution is -2.11. The van der Waals surface area contributed by atoms with E-state index in [1.807, 2.05) is 23.8 Å². The van der Waals surface area contributed by atoms with Crippen LogP contribution in [-0.2, 0) is 0 Å². The number of aromatic nitrogens is 2. The third-order valence-electron chi connectivity index (χ3n) is 3.03. The Balaban J connectivity index is 1.74.